The third kappa shape index (κ3) is 3.61. The molecule has 0 saturated carbocycles. The predicted molar refractivity (Wildman–Crippen MR) is 91.7 cm³/mol. The van der Waals surface area contributed by atoms with Crippen LogP contribution in [0.2, 0.25) is 0 Å². The van der Waals surface area contributed by atoms with E-state index in [0.29, 0.717) is 6.54 Å². The van der Waals surface area contributed by atoms with Crippen molar-refractivity contribution in [1.82, 2.24) is 9.88 Å². The van der Waals surface area contributed by atoms with E-state index in [1.165, 1.54) is 17.0 Å². The fourth-order valence-corrected chi connectivity index (χ4v) is 2.53. The van der Waals surface area contributed by atoms with Crippen molar-refractivity contribution in [2.24, 2.45) is 0 Å². The Balaban J connectivity index is 1.78. The van der Waals surface area contributed by atoms with Gasteiger partial charge >= 0.3 is 5.82 Å². The molecule has 134 valence electrons. The Morgan fingerprint density at radius 3 is 2.73 bits per heavy atom. The summed E-state index contributed by atoms with van der Waals surface area (Å²) < 4.78 is 5.24. The Kier molecular flexibility index (Phi) is 4.78. The second-order valence-electron chi connectivity index (χ2n) is 5.75. The summed E-state index contributed by atoms with van der Waals surface area (Å²) in [7, 11) is 1.63. The summed E-state index contributed by atoms with van der Waals surface area (Å²) in [6, 6.07) is 12.0. The number of ether oxygens (including phenoxy) is 1. The zero-order chi connectivity index (χ0) is 18.7. The topological polar surface area (TPSA) is 106 Å². The summed E-state index contributed by atoms with van der Waals surface area (Å²) in [6.45, 7) is -0.137. The molecular formula is C17H16N4O5. The van der Waals surface area contributed by atoms with Crippen LogP contribution in [-0.2, 0) is 16.1 Å². The standard InChI is InChI=1S/C17H16N4O5/c1-19(9-12-5-3-2-4-6-12)15(22)10-20-16(23)11-26-13-7-8-14(21(24)25)18-17(13)20/h2-8H,9-11H2,1H3. The van der Waals surface area contributed by atoms with Gasteiger partial charge in [0.1, 0.15) is 6.54 Å². The number of nitrogens with zero attached hydrogens (tertiary/aromatic N) is 4. The number of anilines is 1. The maximum absolute atomic E-state index is 12.5. The highest BCUT2D eigenvalue weighted by Gasteiger charge is 2.34. The van der Waals surface area contributed by atoms with Gasteiger partial charge in [0, 0.05) is 19.7 Å². The molecule has 1 aromatic heterocycles. The Morgan fingerprint density at radius 1 is 1.31 bits per heavy atom. The Labute approximate surface area is 149 Å². The number of hydrogen-bond acceptors (Lipinski definition) is 6. The predicted octanol–water partition coefficient (Wildman–Crippen LogP) is 1.37. The Bertz CT molecular complexity index is 855. The summed E-state index contributed by atoms with van der Waals surface area (Å²) in [6.07, 6.45) is 0. The fourth-order valence-electron chi connectivity index (χ4n) is 2.53. The highest BCUT2D eigenvalue weighted by Crippen LogP contribution is 2.31. The summed E-state index contributed by atoms with van der Waals surface area (Å²) in [4.78, 5) is 41.4. The third-order valence-corrected chi connectivity index (χ3v) is 3.90. The number of pyridine rings is 1. The summed E-state index contributed by atoms with van der Waals surface area (Å²) in [5.74, 6) is -1.00. The molecule has 2 aromatic rings. The van der Waals surface area contributed by atoms with Crippen molar-refractivity contribution < 1.29 is 19.2 Å². The van der Waals surface area contributed by atoms with Crippen molar-refractivity contribution in [3.63, 3.8) is 0 Å². The smallest absolute Gasteiger partial charge is 0.366 e. The van der Waals surface area contributed by atoms with E-state index in [4.69, 9.17) is 4.74 Å². The average molecular weight is 356 g/mol. The number of amides is 2. The molecule has 2 heterocycles. The van der Waals surface area contributed by atoms with Crippen molar-refractivity contribution in [3.05, 3.63) is 58.1 Å². The van der Waals surface area contributed by atoms with Gasteiger partial charge in [-0.3, -0.25) is 14.5 Å². The number of fused-ring (bicyclic) bond motifs is 1. The van der Waals surface area contributed by atoms with E-state index in [0.717, 1.165) is 10.5 Å². The SMILES string of the molecule is CN(Cc1ccccc1)C(=O)CN1C(=O)COc2ccc([N+](=O)[O-])nc21. The average Bonchev–Trinajstić information content (AvgIpc) is 2.64. The summed E-state index contributed by atoms with van der Waals surface area (Å²) in [5, 5.41) is 10.9. The van der Waals surface area contributed by atoms with Crippen LogP contribution in [0.1, 0.15) is 5.56 Å². The molecule has 0 spiro atoms. The van der Waals surface area contributed by atoms with Gasteiger partial charge < -0.3 is 19.8 Å². The lowest BCUT2D eigenvalue weighted by atomic mass is 10.2. The van der Waals surface area contributed by atoms with Crippen LogP contribution in [0.15, 0.2) is 42.5 Å². The lowest BCUT2D eigenvalue weighted by Crippen LogP contribution is -2.45. The molecule has 9 heteroatoms. The maximum atomic E-state index is 12.5. The van der Waals surface area contributed by atoms with Gasteiger partial charge in [0.15, 0.2) is 12.4 Å². The molecule has 1 aliphatic rings. The minimum atomic E-state index is -0.666. The molecule has 0 fully saturated rings. The molecule has 26 heavy (non-hydrogen) atoms. The maximum Gasteiger partial charge on any atom is 0.366 e. The Morgan fingerprint density at radius 2 is 2.04 bits per heavy atom. The third-order valence-electron chi connectivity index (χ3n) is 3.90. The van der Waals surface area contributed by atoms with E-state index in [9.17, 15) is 19.7 Å². The van der Waals surface area contributed by atoms with E-state index >= 15 is 0 Å². The monoisotopic (exact) mass is 356 g/mol. The van der Waals surface area contributed by atoms with Gasteiger partial charge in [-0.15, -0.1) is 0 Å². The molecule has 0 atom stereocenters. The lowest BCUT2D eigenvalue weighted by Gasteiger charge is -2.27. The van der Waals surface area contributed by atoms with Gasteiger partial charge in [-0.1, -0.05) is 30.3 Å². The van der Waals surface area contributed by atoms with Crippen molar-refractivity contribution in [2.75, 3.05) is 25.1 Å². The van der Waals surface area contributed by atoms with Gasteiger partial charge in [0.25, 0.3) is 11.7 Å². The first-order valence-electron chi connectivity index (χ1n) is 7.82. The molecule has 0 N–H and O–H groups in total. The molecule has 0 radical (unpaired) electrons. The second-order valence-corrected chi connectivity index (χ2v) is 5.75. The van der Waals surface area contributed by atoms with E-state index in [2.05, 4.69) is 4.98 Å². The van der Waals surface area contributed by atoms with Crippen molar-refractivity contribution in [3.8, 4) is 5.75 Å². The van der Waals surface area contributed by atoms with E-state index in [-0.39, 0.29) is 30.6 Å². The summed E-state index contributed by atoms with van der Waals surface area (Å²) in [5.41, 5.74) is 0.950. The van der Waals surface area contributed by atoms with E-state index in [1.54, 1.807) is 7.05 Å². The molecule has 0 bridgehead atoms. The van der Waals surface area contributed by atoms with E-state index in [1.807, 2.05) is 30.3 Å². The van der Waals surface area contributed by atoms with Crippen LogP contribution < -0.4 is 9.64 Å². The molecule has 3 rings (SSSR count). The fraction of sp³-hybridized carbons (Fsp3) is 0.235. The number of rotatable bonds is 5. The van der Waals surface area contributed by atoms with Gasteiger partial charge in [-0.25, -0.2) is 0 Å². The minimum Gasteiger partial charge on any atom is -0.477 e. The van der Waals surface area contributed by atoms with Crippen LogP contribution in [0.5, 0.6) is 5.75 Å². The first kappa shape index (κ1) is 17.3. The number of benzene rings is 1. The number of nitro groups is 1. The normalized spacial score (nSPS) is 13.0. The van der Waals surface area contributed by atoms with Gasteiger partial charge in [-0.2, -0.15) is 0 Å². The van der Waals surface area contributed by atoms with Gasteiger partial charge in [0.2, 0.25) is 5.91 Å². The van der Waals surface area contributed by atoms with Crippen molar-refractivity contribution in [1.29, 1.82) is 0 Å². The molecule has 9 nitrogen and oxygen atoms in total. The zero-order valence-electron chi connectivity index (χ0n) is 14.0. The molecular weight excluding hydrogens is 340 g/mol. The van der Waals surface area contributed by atoms with Crippen LogP contribution in [0.25, 0.3) is 0 Å². The molecule has 0 aliphatic carbocycles. The van der Waals surface area contributed by atoms with E-state index < -0.39 is 16.6 Å². The molecule has 0 unspecified atom stereocenters. The molecule has 0 saturated heterocycles. The molecule has 1 aromatic carbocycles. The highest BCUT2D eigenvalue weighted by molar-refractivity contribution is 6.01. The number of hydrogen-bond donors (Lipinski definition) is 0. The van der Waals surface area contributed by atoms with Crippen molar-refractivity contribution in [2.45, 2.75) is 6.54 Å². The zero-order valence-corrected chi connectivity index (χ0v) is 14.0. The highest BCUT2D eigenvalue weighted by atomic mass is 16.6. The van der Waals surface area contributed by atoms with Crippen molar-refractivity contribution >= 4 is 23.5 Å². The lowest BCUT2D eigenvalue weighted by molar-refractivity contribution is -0.389. The van der Waals surface area contributed by atoms with Crippen LogP contribution >= 0.6 is 0 Å². The largest absolute Gasteiger partial charge is 0.477 e. The Hall–Kier alpha value is -3.49. The summed E-state index contributed by atoms with van der Waals surface area (Å²) >= 11 is 0. The minimum absolute atomic E-state index is 0.0167. The first-order chi connectivity index (χ1) is 12.5. The van der Waals surface area contributed by atoms with Gasteiger partial charge in [0.05, 0.1) is 0 Å². The quantitative estimate of drug-likeness (QED) is 0.592. The van der Waals surface area contributed by atoms with Crippen LogP contribution in [0.4, 0.5) is 11.6 Å². The number of aromatic nitrogens is 1. The molecule has 2 amide bonds. The number of likely N-dealkylation sites (N-methyl/N-ethyl adjacent to an activating group) is 1. The number of carbonyl (C=O) groups excluding carboxylic acids is 2. The van der Waals surface area contributed by atoms with Crippen LogP contribution in [0.3, 0.4) is 0 Å². The molecule has 1 aliphatic heterocycles. The second kappa shape index (κ2) is 7.18. The van der Waals surface area contributed by atoms with Crippen LogP contribution in [0, 0.1) is 10.1 Å². The number of carbonyl (C=O) groups is 2. The van der Waals surface area contributed by atoms with Gasteiger partial charge in [-0.05, 0) is 21.5 Å². The van der Waals surface area contributed by atoms with Crippen LogP contribution in [-0.4, -0.2) is 46.8 Å². The first-order valence-corrected chi connectivity index (χ1v) is 7.82.